The van der Waals surface area contributed by atoms with Gasteiger partial charge in [0.2, 0.25) is 0 Å². The van der Waals surface area contributed by atoms with E-state index in [0.717, 1.165) is 55.9 Å². The molecule has 2 rings (SSSR count). The first-order valence-electron chi connectivity index (χ1n) is 10.7. The van der Waals surface area contributed by atoms with Crippen molar-refractivity contribution in [1.82, 2.24) is 15.5 Å². The fourth-order valence-corrected chi connectivity index (χ4v) is 5.03. The SMILES string of the molecule is CCNC(=NCCc1cccc(C(=O)N(C)C)c1)NC1CCCC(S(=O)CC)C1. The monoisotopic (exact) mass is 420 g/mol. The predicted molar refractivity (Wildman–Crippen MR) is 122 cm³/mol. The van der Waals surface area contributed by atoms with Gasteiger partial charge in [-0.2, -0.15) is 0 Å². The van der Waals surface area contributed by atoms with Gasteiger partial charge in [-0.05, 0) is 50.3 Å². The number of carbonyl (C=O) groups excluding carboxylic acids is 1. The summed E-state index contributed by atoms with van der Waals surface area (Å²) >= 11 is 0. The topological polar surface area (TPSA) is 73.8 Å². The summed E-state index contributed by atoms with van der Waals surface area (Å²) in [6, 6.07) is 8.08. The number of benzene rings is 1. The van der Waals surface area contributed by atoms with Gasteiger partial charge in [-0.1, -0.05) is 25.5 Å². The quantitative estimate of drug-likeness (QED) is 0.501. The van der Waals surface area contributed by atoms with Crippen LogP contribution in [0.1, 0.15) is 55.5 Å². The second-order valence-corrected chi connectivity index (χ2v) is 9.72. The number of hydrogen-bond donors (Lipinski definition) is 2. The van der Waals surface area contributed by atoms with E-state index in [1.807, 2.05) is 31.2 Å². The van der Waals surface area contributed by atoms with Gasteiger partial charge in [-0.15, -0.1) is 0 Å². The van der Waals surface area contributed by atoms with E-state index < -0.39 is 10.8 Å². The van der Waals surface area contributed by atoms with Gasteiger partial charge >= 0.3 is 0 Å². The first kappa shape index (κ1) is 23.4. The number of carbonyl (C=O) groups is 1. The first-order valence-corrected chi connectivity index (χ1v) is 12.0. The van der Waals surface area contributed by atoms with Crippen LogP contribution in [-0.4, -0.2) is 65.2 Å². The molecule has 0 heterocycles. The van der Waals surface area contributed by atoms with Gasteiger partial charge in [0, 0.05) is 60.6 Å². The van der Waals surface area contributed by atoms with Crippen LogP contribution in [0.4, 0.5) is 0 Å². The predicted octanol–water partition coefficient (Wildman–Crippen LogP) is 2.57. The van der Waals surface area contributed by atoms with Crippen LogP contribution in [0.25, 0.3) is 0 Å². The lowest BCUT2D eigenvalue weighted by atomic mass is 9.95. The van der Waals surface area contributed by atoms with Crippen molar-refractivity contribution in [2.45, 2.75) is 57.2 Å². The smallest absolute Gasteiger partial charge is 0.253 e. The number of rotatable bonds is 8. The van der Waals surface area contributed by atoms with Crippen molar-refractivity contribution in [3.05, 3.63) is 35.4 Å². The lowest BCUT2D eigenvalue weighted by Gasteiger charge is -2.30. The molecule has 0 saturated heterocycles. The summed E-state index contributed by atoms with van der Waals surface area (Å²) < 4.78 is 12.2. The maximum Gasteiger partial charge on any atom is 0.253 e. The van der Waals surface area contributed by atoms with Crippen molar-refractivity contribution in [3.8, 4) is 0 Å². The molecule has 1 fully saturated rings. The minimum atomic E-state index is -0.724. The first-order chi connectivity index (χ1) is 13.9. The summed E-state index contributed by atoms with van der Waals surface area (Å²) in [6.07, 6.45) is 4.99. The second-order valence-electron chi connectivity index (χ2n) is 7.71. The van der Waals surface area contributed by atoms with E-state index >= 15 is 0 Å². The molecule has 0 aliphatic heterocycles. The molecular weight excluding hydrogens is 384 g/mol. The molecule has 29 heavy (non-hydrogen) atoms. The van der Waals surface area contributed by atoms with E-state index in [1.54, 1.807) is 19.0 Å². The Morgan fingerprint density at radius 2 is 2.07 bits per heavy atom. The van der Waals surface area contributed by atoms with Crippen LogP contribution in [0.3, 0.4) is 0 Å². The van der Waals surface area contributed by atoms with Crippen LogP contribution in [0.2, 0.25) is 0 Å². The fraction of sp³-hybridized carbons (Fsp3) is 0.636. The number of aliphatic imine (C=N–C) groups is 1. The zero-order valence-corrected chi connectivity index (χ0v) is 19.1. The van der Waals surface area contributed by atoms with E-state index in [-0.39, 0.29) is 5.91 Å². The van der Waals surface area contributed by atoms with Crippen molar-refractivity contribution in [2.24, 2.45) is 4.99 Å². The molecule has 1 aromatic rings. The highest BCUT2D eigenvalue weighted by atomic mass is 32.2. The van der Waals surface area contributed by atoms with E-state index in [0.29, 0.717) is 23.4 Å². The summed E-state index contributed by atoms with van der Waals surface area (Å²) in [7, 11) is 2.80. The van der Waals surface area contributed by atoms with Crippen LogP contribution in [-0.2, 0) is 17.2 Å². The third-order valence-electron chi connectivity index (χ3n) is 5.22. The zero-order valence-electron chi connectivity index (χ0n) is 18.2. The molecule has 2 N–H and O–H groups in total. The van der Waals surface area contributed by atoms with Crippen LogP contribution in [0.5, 0.6) is 0 Å². The van der Waals surface area contributed by atoms with Crippen molar-refractivity contribution in [1.29, 1.82) is 0 Å². The fourth-order valence-electron chi connectivity index (χ4n) is 3.68. The van der Waals surface area contributed by atoms with Crippen LogP contribution in [0.15, 0.2) is 29.3 Å². The third-order valence-corrected chi connectivity index (χ3v) is 6.96. The van der Waals surface area contributed by atoms with Gasteiger partial charge in [-0.3, -0.25) is 14.0 Å². The Balaban J connectivity index is 1.94. The molecule has 0 radical (unpaired) electrons. The van der Waals surface area contributed by atoms with E-state index in [4.69, 9.17) is 4.99 Å². The Bertz CT molecular complexity index is 721. The number of amides is 1. The molecule has 3 unspecified atom stereocenters. The molecular formula is C22H36N4O2S. The minimum absolute atomic E-state index is 0.0154. The Hall–Kier alpha value is -1.89. The van der Waals surface area contributed by atoms with Gasteiger partial charge in [0.05, 0.1) is 0 Å². The maximum atomic E-state index is 12.2. The van der Waals surface area contributed by atoms with Crippen molar-refractivity contribution in [3.63, 3.8) is 0 Å². The molecule has 7 heteroatoms. The molecule has 3 atom stereocenters. The van der Waals surface area contributed by atoms with Gasteiger partial charge in [0.25, 0.3) is 5.91 Å². The maximum absolute atomic E-state index is 12.2. The summed E-state index contributed by atoms with van der Waals surface area (Å²) in [5.74, 6) is 1.57. The second kappa shape index (κ2) is 12.0. The van der Waals surface area contributed by atoms with Gasteiger partial charge in [-0.25, -0.2) is 0 Å². The Kier molecular flexibility index (Phi) is 9.64. The number of guanidine groups is 1. The van der Waals surface area contributed by atoms with Crippen molar-refractivity contribution < 1.29 is 9.00 Å². The Morgan fingerprint density at radius 1 is 1.28 bits per heavy atom. The Morgan fingerprint density at radius 3 is 2.76 bits per heavy atom. The molecule has 1 aromatic carbocycles. The highest BCUT2D eigenvalue weighted by Gasteiger charge is 2.26. The molecule has 6 nitrogen and oxygen atoms in total. The number of hydrogen-bond acceptors (Lipinski definition) is 3. The van der Waals surface area contributed by atoms with E-state index in [1.165, 1.54) is 0 Å². The minimum Gasteiger partial charge on any atom is -0.357 e. The summed E-state index contributed by atoms with van der Waals surface area (Å²) in [5.41, 5.74) is 1.81. The highest BCUT2D eigenvalue weighted by Crippen LogP contribution is 2.23. The molecule has 1 aliphatic rings. The zero-order chi connectivity index (χ0) is 21.2. The van der Waals surface area contributed by atoms with Crippen LogP contribution < -0.4 is 10.6 Å². The molecule has 0 aromatic heterocycles. The van der Waals surface area contributed by atoms with E-state index in [9.17, 15) is 9.00 Å². The van der Waals surface area contributed by atoms with Crippen molar-refractivity contribution >= 4 is 22.7 Å². The molecule has 0 bridgehead atoms. The Labute approximate surface area is 178 Å². The average molecular weight is 421 g/mol. The molecule has 162 valence electrons. The molecule has 1 amide bonds. The molecule has 1 saturated carbocycles. The molecule has 1 aliphatic carbocycles. The highest BCUT2D eigenvalue weighted by molar-refractivity contribution is 7.85. The number of nitrogens with one attached hydrogen (secondary N) is 2. The van der Waals surface area contributed by atoms with Crippen LogP contribution in [0, 0.1) is 0 Å². The van der Waals surface area contributed by atoms with Gasteiger partial charge in [0.15, 0.2) is 5.96 Å². The lowest BCUT2D eigenvalue weighted by Crippen LogP contribution is -2.46. The van der Waals surface area contributed by atoms with E-state index in [2.05, 4.69) is 17.6 Å². The summed E-state index contributed by atoms with van der Waals surface area (Å²) in [6.45, 7) is 5.50. The van der Waals surface area contributed by atoms with Gasteiger partial charge < -0.3 is 15.5 Å². The summed E-state index contributed by atoms with van der Waals surface area (Å²) in [5, 5.41) is 7.16. The standard InChI is InChI=1S/C22H36N4O2S/c1-5-23-22(25-19-11-8-12-20(16-19)29(28)6-2)24-14-13-17-9-7-10-18(15-17)21(27)26(3)4/h7,9-10,15,19-20H,5-6,8,11-14,16H2,1-4H3,(H2,23,24,25). The van der Waals surface area contributed by atoms with Crippen molar-refractivity contribution in [2.75, 3.05) is 32.9 Å². The molecule has 0 spiro atoms. The normalized spacial score (nSPS) is 20.8. The summed E-state index contributed by atoms with van der Waals surface area (Å²) in [4.78, 5) is 18.5. The number of nitrogens with zero attached hydrogens (tertiary/aromatic N) is 2. The third kappa shape index (κ3) is 7.46. The average Bonchev–Trinajstić information content (AvgIpc) is 2.73. The van der Waals surface area contributed by atoms with Gasteiger partial charge in [0.1, 0.15) is 0 Å². The largest absolute Gasteiger partial charge is 0.357 e. The van der Waals surface area contributed by atoms with Crippen LogP contribution >= 0.6 is 0 Å². The lowest BCUT2D eigenvalue weighted by molar-refractivity contribution is 0.0827.